The summed E-state index contributed by atoms with van der Waals surface area (Å²) in [4.78, 5) is 1.17. The number of nitrogens with two attached hydrogens (primary N) is 1. The first-order valence-corrected chi connectivity index (χ1v) is 7.16. The summed E-state index contributed by atoms with van der Waals surface area (Å²) in [5.41, 5.74) is 7.77. The summed E-state index contributed by atoms with van der Waals surface area (Å²) < 4.78 is 25.9. The molecule has 0 aliphatic heterocycles. The van der Waals surface area contributed by atoms with E-state index in [-0.39, 0.29) is 6.04 Å². The second-order valence-corrected chi connectivity index (χ2v) is 5.21. The molecule has 100 valence electrons. The fourth-order valence-corrected chi connectivity index (χ4v) is 2.30. The van der Waals surface area contributed by atoms with Crippen LogP contribution in [0.25, 0.3) is 0 Å². The van der Waals surface area contributed by atoms with E-state index >= 15 is 0 Å². The molecule has 0 amide bonds. The van der Waals surface area contributed by atoms with Crippen molar-refractivity contribution in [2.24, 2.45) is 5.73 Å². The first kappa shape index (κ1) is 14.0. The predicted octanol–water partition coefficient (Wildman–Crippen LogP) is 3.93. The molecule has 0 aliphatic rings. The maximum absolute atomic E-state index is 13.1. The van der Waals surface area contributed by atoms with Crippen LogP contribution in [-0.2, 0) is 6.42 Å². The molecule has 2 aromatic rings. The molecule has 1 unspecified atom stereocenters. The van der Waals surface area contributed by atoms with E-state index in [0.29, 0.717) is 12.0 Å². The summed E-state index contributed by atoms with van der Waals surface area (Å²) in [6, 6.07) is 11.6. The smallest absolute Gasteiger partial charge is 0.159 e. The minimum Gasteiger partial charge on any atom is -0.324 e. The third kappa shape index (κ3) is 3.55. The number of benzene rings is 2. The van der Waals surface area contributed by atoms with Crippen molar-refractivity contribution in [3.05, 3.63) is 65.2 Å². The number of hydrogen-bond acceptors (Lipinski definition) is 2. The van der Waals surface area contributed by atoms with Crippen molar-refractivity contribution < 1.29 is 8.78 Å². The van der Waals surface area contributed by atoms with Gasteiger partial charge in [0.05, 0.1) is 0 Å². The summed E-state index contributed by atoms with van der Waals surface area (Å²) in [5, 5.41) is 0. The zero-order valence-electron chi connectivity index (χ0n) is 10.6. The molecule has 0 saturated heterocycles. The summed E-state index contributed by atoms with van der Waals surface area (Å²) in [6.45, 7) is 0. The Labute approximate surface area is 115 Å². The molecule has 0 heterocycles. The molecule has 4 heteroatoms. The minimum absolute atomic E-state index is 0.222. The van der Waals surface area contributed by atoms with Gasteiger partial charge in [0.2, 0.25) is 0 Å². The van der Waals surface area contributed by atoms with E-state index in [1.807, 2.05) is 30.5 Å². The first-order chi connectivity index (χ1) is 9.10. The Morgan fingerprint density at radius 2 is 1.74 bits per heavy atom. The van der Waals surface area contributed by atoms with Crippen LogP contribution in [0.4, 0.5) is 8.78 Å². The molecule has 0 spiro atoms. The van der Waals surface area contributed by atoms with Crippen LogP contribution >= 0.6 is 11.8 Å². The van der Waals surface area contributed by atoms with Gasteiger partial charge < -0.3 is 5.73 Å². The Kier molecular flexibility index (Phi) is 4.56. The number of halogens is 2. The third-order valence-electron chi connectivity index (χ3n) is 2.98. The molecule has 0 radical (unpaired) electrons. The first-order valence-electron chi connectivity index (χ1n) is 5.93. The van der Waals surface area contributed by atoms with Gasteiger partial charge in [-0.25, -0.2) is 8.78 Å². The van der Waals surface area contributed by atoms with Crippen LogP contribution in [0, 0.1) is 11.6 Å². The SMILES string of the molecule is CSc1ccc(C(N)Cc2ccc(F)c(F)c2)cc1. The van der Waals surface area contributed by atoms with Crippen molar-refractivity contribution in [1.82, 2.24) is 0 Å². The van der Waals surface area contributed by atoms with Crippen molar-refractivity contribution in [3.8, 4) is 0 Å². The topological polar surface area (TPSA) is 26.0 Å². The molecular formula is C15H15F2NS. The summed E-state index contributed by atoms with van der Waals surface area (Å²) in [6.07, 6.45) is 2.49. The standard InChI is InChI=1S/C15H15F2NS/c1-19-12-5-3-11(4-6-12)15(18)9-10-2-7-13(16)14(17)8-10/h2-8,15H,9,18H2,1H3. The lowest BCUT2D eigenvalue weighted by atomic mass is 10.00. The molecule has 2 N–H and O–H groups in total. The zero-order chi connectivity index (χ0) is 13.8. The molecule has 0 aliphatic carbocycles. The molecule has 19 heavy (non-hydrogen) atoms. The number of hydrogen-bond donors (Lipinski definition) is 1. The van der Waals surface area contributed by atoms with Crippen LogP contribution in [0.3, 0.4) is 0 Å². The highest BCUT2D eigenvalue weighted by molar-refractivity contribution is 7.98. The second-order valence-electron chi connectivity index (χ2n) is 4.33. The third-order valence-corrected chi connectivity index (χ3v) is 3.73. The van der Waals surface area contributed by atoms with Crippen molar-refractivity contribution in [2.45, 2.75) is 17.4 Å². The summed E-state index contributed by atoms with van der Waals surface area (Å²) in [7, 11) is 0. The van der Waals surface area contributed by atoms with Gasteiger partial charge in [0.25, 0.3) is 0 Å². The Morgan fingerprint density at radius 1 is 1.05 bits per heavy atom. The Morgan fingerprint density at radius 3 is 2.32 bits per heavy atom. The van der Waals surface area contributed by atoms with E-state index in [1.165, 1.54) is 11.0 Å². The van der Waals surface area contributed by atoms with Crippen LogP contribution < -0.4 is 5.73 Å². The van der Waals surface area contributed by atoms with Crippen molar-refractivity contribution in [2.75, 3.05) is 6.26 Å². The highest BCUT2D eigenvalue weighted by Gasteiger charge is 2.09. The van der Waals surface area contributed by atoms with E-state index in [1.54, 1.807) is 17.8 Å². The lowest BCUT2D eigenvalue weighted by Crippen LogP contribution is -2.13. The molecule has 1 atom stereocenters. The molecule has 1 nitrogen and oxygen atoms in total. The van der Waals surface area contributed by atoms with Crippen molar-refractivity contribution in [1.29, 1.82) is 0 Å². The van der Waals surface area contributed by atoms with Crippen LogP contribution in [0.2, 0.25) is 0 Å². The molecule has 2 aromatic carbocycles. The highest BCUT2D eigenvalue weighted by atomic mass is 32.2. The zero-order valence-corrected chi connectivity index (χ0v) is 11.4. The summed E-state index contributed by atoms with van der Waals surface area (Å²) >= 11 is 1.66. The second kappa shape index (κ2) is 6.17. The maximum atomic E-state index is 13.1. The Hall–Kier alpha value is -1.39. The monoisotopic (exact) mass is 279 g/mol. The quantitative estimate of drug-likeness (QED) is 0.858. The maximum Gasteiger partial charge on any atom is 0.159 e. The number of rotatable bonds is 4. The van der Waals surface area contributed by atoms with Gasteiger partial charge in [-0.3, -0.25) is 0 Å². The van der Waals surface area contributed by atoms with Crippen LogP contribution in [0.1, 0.15) is 17.2 Å². The van der Waals surface area contributed by atoms with E-state index in [2.05, 4.69) is 0 Å². The molecule has 0 fully saturated rings. The minimum atomic E-state index is -0.832. The van der Waals surface area contributed by atoms with Gasteiger partial charge in [-0.2, -0.15) is 0 Å². The van der Waals surface area contributed by atoms with Gasteiger partial charge in [0, 0.05) is 10.9 Å². The van der Waals surface area contributed by atoms with Crippen molar-refractivity contribution in [3.63, 3.8) is 0 Å². The van der Waals surface area contributed by atoms with Crippen LogP contribution in [-0.4, -0.2) is 6.26 Å². The highest BCUT2D eigenvalue weighted by Crippen LogP contribution is 2.21. The van der Waals surface area contributed by atoms with E-state index in [9.17, 15) is 8.78 Å². The normalized spacial score (nSPS) is 12.4. The Balaban J connectivity index is 2.10. The molecule has 0 bridgehead atoms. The molecule has 2 rings (SSSR count). The molecule has 0 saturated carbocycles. The predicted molar refractivity (Wildman–Crippen MR) is 75.2 cm³/mol. The van der Waals surface area contributed by atoms with E-state index in [4.69, 9.17) is 5.73 Å². The van der Waals surface area contributed by atoms with E-state index < -0.39 is 11.6 Å². The Bertz CT molecular complexity index is 555. The lowest BCUT2D eigenvalue weighted by molar-refractivity contribution is 0.506. The molecule has 0 aromatic heterocycles. The van der Waals surface area contributed by atoms with Gasteiger partial charge in [-0.15, -0.1) is 11.8 Å². The lowest BCUT2D eigenvalue weighted by Gasteiger charge is -2.12. The van der Waals surface area contributed by atoms with Gasteiger partial charge in [-0.1, -0.05) is 18.2 Å². The number of thioether (sulfide) groups is 1. The van der Waals surface area contributed by atoms with Gasteiger partial charge >= 0.3 is 0 Å². The fraction of sp³-hybridized carbons (Fsp3) is 0.200. The van der Waals surface area contributed by atoms with E-state index in [0.717, 1.165) is 11.6 Å². The van der Waals surface area contributed by atoms with Gasteiger partial charge in [-0.05, 0) is 48.1 Å². The van der Waals surface area contributed by atoms with Crippen LogP contribution in [0.5, 0.6) is 0 Å². The van der Waals surface area contributed by atoms with Gasteiger partial charge in [0.1, 0.15) is 0 Å². The van der Waals surface area contributed by atoms with Crippen LogP contribution in [0.15, 0.2) is 47.4 Å². The van der Waals surface area contributed by atoms with Crippen molar-refractivity contribution >= 4 is 11.8 Å². The fourth-order valence-electron chi connectivity index (χ4n) is 1.89. The summed E-state index contributed by atoms with van der Waals surface area (Å²) in [5.74, 6) is -1.66. The molecular weight excluding hydrogens is 264 g/mol. The average molecular weight is 279 g/mol. The average Bonchev–Trinajstić information content (AvgIpc) is 2.43. The largest absolute Gasteiger partial charge is 0.324 e. The van der Waals surface area contributed by atoms with Gasteiger partial charge in [0.15, 0.2) is 11.6 Å².